The Bertz CT molecular complexity index is 1020. The van der Waals surface area contributed by atoms with Gasteiger partial charge in [-0.1, -0.05) is 6.07 Å². The minimum Gasteiger partial charge on any atom is -0.497 e. The number of carbonyl (C=O) groups is 1. The number of thiophene rings is 1. The molecule has 28 heavy (non-hydrogen) atoms. The van der Waals surface area contributed by atoms with E-state index < -0.39 is 10.0 Å². The van der Waals surface area contributed by atoms with E-state index in [-0.39, 0.29) is 15.9 Å². The molecule has 0 aliphatic carbocycles. The quantitative estimate of drug-likeness (QED) is 0.517. The van der Waals surface area contributed by atoms with Crippen molar-refractivity contribution in [1.82, 2.24) is 0 Å². The van der Waals surface area contributed by atoms with Crippen LogP contribution < -0.4 is 14.8 Å². The molecule has 3 rings (SSSR count). The number of ether oxygens (including phenoxy) is 1. The van der Waals surface area contributed by atoms with Gasteiger partial charge in [-0.3, -0.25) is 9.52 Å². The highest BCUT2D eigenvalue weighted by Gasteiger charge is 2.15. The van der Waals surface area contributed by atoms with Gasteiger partial charge in [0.1, 0.15) is 9.96 Å². The molecule has 0 saturated heterocycles. The van der Waals surface area contributed by atoms with Gasteiger partial charge in [-0.15, -0.1) is 23.1 Å². The second-order valence-electron chi connectivity index (χ2n) is 5.63. The van der Waals surface area contributed by atoms with Gasteiger partial charge in [-0.05, 0) is 60.0 Å². The van der Waals surface area contributed by atoms with Gasteiger partial charge in [0.2, 0.25) is 5.91 Å². The Hall–Kier alpha value is -2.49. The molecular formula is C19H18N2O4S3. The SMILES string of the molecule is COc1ccc(NC(=O)CSc2ccc(NS(=O)(=O)c3cccs3)cc2)cc1. The van der Waals surface area contributed by atoms with Crippen molar-refractivity contribution in [2.75, 3.05) is 22.9 Å². The lowest BCUT2D eigenvalue weighted by Gasteiger charge is -2.08. The monoisotopic (exact) mass is 434 g/mol. The maximum Gasteiger partial charge on any atom is 0.271 e. The van der Waals surface area contributed by atoms with Crippen LogP contribution in [0.25, 0.3) is 0 Å². The highest BCUT2D eigenvalue weighted by atomic mass is 32.2. The molecule has 0 fully saturated rings. The van der Waals surface area contributed by atoms with Gasteiger partial charge in [0, 0.05) is 16.3 Å². The molecule has 0 bridgehead atoms. The van der Waals surface area contributed by atoms with Crippen molar-refractivity contribution < 1.29 is 17.9 Å². The standard InChI is InChI=1S/C19H18N2O4S3/c1-25-16-8-4-14(5-9-16)20-18(22)13-27-17-10-6-15(7-11-17)21-28(23,24)19-3-2-12-26-19/h2-12,21H,13H2,1H3,(H,20,22). The Balaban J connectivity index is 1.52. The van der Waals surface area contributed by atoms with Crippen LogP contribution in [0.4, 0.5) is 11.4 Å². The van der Waals surface area contributed by atoms with Crippen LogP contribution in [0.3, 0.4) is 0 Å². The number of thioether (sulfide) groups is 1. The van der Waals surface area contributed by atoms with Crippen LogP contribution in [-0.2, 0) is 14.8 Å². The lowest BCUT2D eigenvalue weighted by atomic mass is 10.3. The minimum absolute atomic E-state index is 0.127. The van der Waals surface area contributed by atoms with E-state index in [0.717, 1.165) is 22.0 Å². The fraction of sp³-hybridized carbons (Fsp3) is 0.105. The number of benzene rings is 2. The molecule has 2 N–H and O–H groups in total. The highest BCUT2D eigenvalue weighted by molar-refractivity contribution is 8.00. The van der Waals surface area contributed by atoms with Crippen molar-refractivity contribution >= 4 is 50.4 Å². The Morgan fingerprint density at radius 2 is 1.71 bits per heavy atom. The van der Waals surface area contributed by atoms with Gasteiger partial charge in [-0.25, -0.2) is 8.42 Å². The lowest BCUT2D eigenvalue weighted by Crippen LogP contribution is -2.13. The highest BCUT2D eigenvalue weighted by Crippen LogP contribution is 2.24. The first-order valence-electron chi connectivity index (χ1n) is 8.19. The Kier molecular flexibility index (Phi) is 6.61. The topological polar surface area (TPSA) is 84.5 Å². The van der Waals surface area contributed by atoms with Crippen LogP contribution in [0.5, 0.6) is 5.75 Å². The summed E-state index contributed by atoms with van der Waals surface area (Å²) < 4.78 is 32.3. The van der Waals surface area contributed by atoms with Crippen LogP contribution in [0.15, 0.2) is 75.1 Å². The Morgan fingerprint density at radius 1 is 1.04 bits per heavy atom. The molecule has 1 heterocycles. The largest absolute Gasteiger partial charge is 0.497 e. The zero-order valence-corrected chi connectivity index (χ0v) is 17.4. The van der Waals surface area contributed by atoms with Crippen molar-refractivity contribution in [3.63, 3.8) is 0 Å². The lowest BCUT2D eigenvalue weighted by molar-refractivity contribution is -0.113. The molecular weight excluding hydrogens is 416 g/mol. The van der Waals surface area contributed by atoms with Gasteiger partial charge < -0.3 is 10.1 Å². The molecule has 146 valence electrons. The first-order chi connectivity index (χ1) is 13.5. The first kappa shape index (κ1) is 20.2. The third-order valence-corrected chi connectivity index (χ3v) is 7.40. The summed E-state index contributed by atoms with van der Waals surface area (Å²) in [7, 11) is -1.97. The predicted octanol–water partition coefficient (Wildman–Crippen LogP) is 4.29. The van der Waals surface area contributed by atoms with Gasteiger partial charge in [0.05, 0.1) is 12.9 Å². The van der Waals surface area contributed by atoms with Gasteiger partial charge in [0.15, 0.2) is 0 Å². The fourth-order valence-corrected chi connectivity index (χ4v) is 5.01. The molecule has 0 unspecified atom stereocenters. The molecule has 3 aromatic rings. The average Bonchev–Trinajstić information content (AvgIpc) is 3.24. The number of nitrogens with one attached hydrogen (secondary N) is 2. The third kappa shape index (κ3) is 5.51. The van der Waals surface area contributed by atoms with Crippen molar-refractivity contribution in [3.05, 3.63) is 66.0 Å². The van der Waals surface area contributed by atoms with E-state index in [2.05, 4.69) is 10.0 Å². The molecule has 0 aliphatic heterocycles. The number of sulfonamides is 1. The summed E-state index contributed by atoms with van der Waals surface area (Å²) in [5, 5.41) is 4.53. The van der Waals surface area contributed by atoms with E-state index in [1.165, 1.54) is 11.8 Å². The molecule has 0 spiro atoms. The van der Waals surface area contributed by atoms with Crippen LogP contribution in [0, 0.1) is 0 Å². The second kappa shape index (κ2) is 9.13. The minimum atomic E-state index is -3.56. The molecule has 6 nitrogen and oxygen atoms in total. The van der Waals surface area contributed by atoms with Crippen LogP contribution in [0.2, 0.25) is 0 Å². The molecule has 0 saturated carbocycles. The number of rotatable bonds is 8. The van der Waals surface area contributed by atoms with Gasteiger partial charge >= 0.3 is 0 Å². The molecule has 9 heteroatoms. The van der Waals surface area contributed by atoms with E-state index in [4.69, 9.17) is 4.74 Å². The number of amides is 1. The summed E-state index contributed by atoms with van der Waals surface area (Å²) >= 11 is 2.53. The molecule has 1 amide bonds. The normalized spacial score (nSPS) is 11.0. The molecule has 0 radical (unpaired) electrons. The number of anilines is 2. The fourth-order valence-electron chi connectivity index (χ4n) is 2.26. The van der Waals surface area contributed by atoms with Gasteiger partial charge in [0.25, 0.3) is 10.0 Å². The smallest absolute Gasteiger partial charge is 0.271 e. The molecule has 2 aromatic carbocycles. The van der Waals surface area contributed by atoms with E-state index in [1.807, 2.05) is 0 Å². The van der Waals surface area contributed by atoms with Crippen LogP contribution in [-0.4, -0.2) is 27.2 Å². The summed E-state index contributed by atoms with van der Waals surface area (Å²) in [6, 6.07) is 17.2. The molecule has 1 aromatic heterocycles. The van der Waals surface area contributed by atoms with Crippen molar-refractivity contribution in [2.45, 2.75) is 9.10 Å². The first-order valence-corrected chi connectivity index (χ1v) is 11.5. The summed E-state index contributed by atoms with van der Waals surface area (Å²) in [4.78, 5) is 12.9. The molecule has 0 atom stereocenters. The number of hydrogen-bond donors (Lipinski definition) is 2. The molecule has 0 aliphatic rings. The summed E-state index contributed by atoms with van der Waals surface area (Å²) in [6.45, 7) is 0. The predicted molar refractivity (Wildman–Crippen MR) is 114 cm³/mol. The van der Waals surface area contributed by atoms with Crippen LogP contribution in [0.1, 0.15) is 0 Å². The van der Waals surface area contributed by atoms with E-state index in [9.17, 15) is 13.2 Å². The van der Waals surface area contributed by atoms with E-state index >= 15 is 0 Å². The van der Waals surface area contributed by atoms with E-state index in [1.54, 1.807) is 73.2 Å². The summed E-state index contributed by atoms with van der Waals surface area (Å²) in [6.07, 6.45) is 0. The maximum absolute atomic E-state index is 12.2. The Morgan fingerprint density at radius 3 is 2.32 bits per heavy atom. The zero-order valence-electron chi connectivity index (χ0n) is 14.9. The summed E-state index contributed by atoms with van der Waals surface area (Å²) in [5.41, 5.74) is 1.17. The number of hydrogen-bond acceptors (Lipinski definition) is 6. The van der Waals surface area contributed by atoms with Gasteiger partial charge in [-0.2, -0.15) is 0 Å². The average molecular weight is 435 g/mol. The third-order valence-electron chi connectivity index (χ3n) is 3.61. The number of methoxy groups -OCH3 is 1. The van der Waals surface area contributed by atoms with Crippen molar-refractivity contribution in [1.29, 1.82) is 0 Å². The van der Waals surface area contributed by atoms with E-state index in [0.29, 0.717) is 11.4 Å². The van der Waals surface area contributed by atoms with Crippen molar-refractivity contribution in [3.8, 4) is 5.75 Å². The van der Waals surface area contributed by atoms with Crippen molar-refractivity contribution in [2.24, 2.45) is 0 Å². The maximum atomic E-state index is 12.2. The number of carbonyl (C=O) groups excluding carboxylic acids is 1. The Labute approximate surface area is 172 Å². The zero-order chi connectivity index (χ0) is 20.0. The summed E-state index contributed by atoms with van der Waals surface area (Å²) in [5.74, 6) is 0.839. The van der Waals surface area contributed by atoms with Crippen LogP contribution >= 0.6 is 23.1 Å². The second-order valence-corrected chi connectivity index (χ2v) is 9.53.